The molecule has 0 aromatic heterocycles. The maximum Gasteiger partial charge on any atom is 0.248 e. The van der Waals surface area contributed by atoms with Gasteiger partial charge in [0.25, 0.3) is 0 Å². The predicted octanol–water partition coefficient (Wildman–Crippen LogP) is 4.11. The summed E-state index contributed by atoms with van der Waals surface area (Å²) >= 11 is 0. The highest BCUT2D eigenvalue weighted by atomic mass is 16.1. The zero-order valence-electron chi connectivity index (χ0n) is 12.4. The zero-order valence-corrected chi connectivity index (χ0v) is 12.4. The number of anilines is 1. The summed E-state index contributed by atoms with van der Waals surface area (Å²) in [4.78, 5) is 11.1. The van der Waals surface area contributed by atoms with E-state index in [-0.39, 0.29) is 6.04 Å². The van der Waals surface area contributed by atoms with E-state index in [2.05, 4.69) is 48.6 Å². The minimum absolute atomic E-state index is 0.158. The molecule has 1 unspecified atom stereocenters. The molecule has 0 aliphatic heterocycles. The van der Waals surface area contributed by atoms with Gasteiger partial charge in [-0.1, -0.05) is 42.5 Å². The van der Waals surface area contributed by atoms with Crippen molar-refractivity contribution in [3.8, 4) is 0 Å². The number of hydrogen-bond donors (Lipinski definition) is 2. The van der Waals surface area contributed by atoms with Crippen LogP contribution in [-0.2, 0) is 0 Å². The van der Waals surface area contributed by atoms with Gasteiger partial charge >= 0.3 is 0 Å². The summed E-state index contributed by atoms with van der Waals surface area (Å²) in [5.74, 6) is -0.409. The van der Waals surface area contributed by atoms with Crippen molar-refractivity contribution in [1.29, 1.82) is 0 Å². The zero-order chi connectivity index (χ0) is 15.5. The first-order valence-electron chi connectivity index (χ1n) is 7.29. The summed E-state index contributed by atoms with van der Waals surface area (Å²) in [7, 11) is 0. The van der Waals surface area contributed by atoms with Crippen LogP contribution < -0.4 is 11.1 Å². The van der Waals surface area contributed by atoms with E-state index in [1.807, 2.05) is 18.2 Å². The van der Waals surface area contributed by atoms with E-state index in [1.165, 1.54) is 16.3 Å². The van der Waals surface area contributed by atoms with E-state index in [1.54, 1.807) is 12.1 Å². The summed E-state index contributed by atoms with van der Waals surface area (Å²) in [6.45, 7) is 2.13. The minimum atomic E-state index is -0.409. The molecule has 3 rings (SSSR count). The fourth-order valence-electron chi connectivity index (χ4n) is 2.69. The first-order chi connectivity index (χ1) is 10.6. The number of carbonyl (C=O) groups excluding carboxylic acids is 1. The Balaban J connectivity index is 1.87. The van der Waals surface area contributed by atoms with Gasteiger partial charge < -0.3 is 11.1 Å². The van der Waals surface area contributed by atoms with Crippen LogP contribution >= 0.6 is 0 Å². The van der Waals surface area contributed by atoms with Gasteiger partial charge in [-0.3, -0.25) is 4.79 Å². The Bertz CT molecular complexity index is 804. The van der Waals surface area contributed by atoms with Gasteiger partial charge in [0.15, 0.2) is 0 Å². The molecule has 3 heteroatoms. The van der Waals surface area contributed by atoms with E-state index in [9.17, 15) is 4.79 Å². The highest BCUT2D eigenvalue weighted by Gasteiger charge is 2.09. The lowest BCUT2D eigenvalue weighted by Crippen LogP contribution is -2.11. The average Bonchev–Trinajstić information content (AvgIpc) is 2.54. The van der Waals surface area contributed by atoms with Gasteiger partial charge in [-0.2, -0.15) is 0 Å². The van der Waals surface area contributed by atoms with E-state index in [0.29, 0.717) is 5.56 Å². The fourth-order valence-corrected chi connectivity index (χ4v) is 2.69. The average molecular weight is 290 g/mol. The van der Waals surface area contributed by atoms with Crippen LogP contribution in [0.25, 0.3) is 10.8 Å². The van der Waals surface area contributed by atoms with Crippen LogP contribution in [0.1, 0.15) is 28.9 Å². The van der Waals surface area contributed by atoms with Crippen LogP contribution in [0.5, 0.6) is 0 Å². The van der Waals surface area contributed by atoms with Crippen LogP contribution in [0.4, 0.5) is 5.69 Å². The molecule has 1 amide bonds. The van der Waals surface area contributed by atoms with Gasteiger partial charge in [0.2, 0.25) is 5.91 Å². The normalized spacial score (nSPS) is 12.0. The molecule has 0 aliphatic rings. The number of carbonyl (C=O) groups is 1. The minimum Gasteiger partial charge on any atom is -0.378 e. The molecule has 0 saturated carbocycles. The van der Waals surface area contributed by atoms with Crippen molar-refractivity contribution in [1.82, 2.24) is 0 Å². The first kappa shape index (κ1) is 14.1. The second kappa shape index (κ2) is 5.90. The Labute approximate surface area is 129 Å². The lowest BCUT2D eigenvalue weighted by atomic mass is 9.99. The SMILES string of the molecule is CC(Nc1ccc(C(N)=O)cc1)c1cccc2ccccc12. The van der Waals surface area contributed by atoms with Gasteiger partial charge in [-0.15, -0.1) is 0 Å². The van der Waals surface area contributed by atoms with Crippen molar-refractivity contribution in [2.45, 2.75) is 13.0 Å². The van der Waals surface area contributed by atoms with Gasteiger partial charge in [-0.05, 0) is 47.5 Å². The number of nitrogens with two attached hydrogens (primary N) is 1. The fraction of sp³-hybridized carbons (Fsp3) is 0.105. The Morgan fingerprint density at radius 1 is 0.955 bits per heavy atom. The molecule has 0 bridgehead atoms. The molecule has 3 nitrogen and oxygen atoms in total. The smallest absolute Gasteiger partial charge is 0.248 e. The number of fused-ring (bicyclic) bond motifs is 1. The Hall–Kier alpha value is -2.81. The van der Waals surface area contributed by atoms with Gasteiger partial charge in [0.1, 0.15) is 0 Å². The number of nitrogens with one attached hydrogen (secondary N) is 1. The van der Waals surface area contributed by atoms with Crippen LogP contribution in [0.2, 0.25) is 0 Å². The van der Waals surface area contributed by atoms with Crippen LogP contribution in [0.3, 0.4) is 0 Å². The van der Waals surface area contributed by atoms with Crippen LogP contribution in [-0.4, -0.2) is 5.91 Å². The topological polar surface area (TPSA) is 55.1 Å². The largest absolute Gasteiger partial charge is 0.378 e. The molecular formula is C19H18N2O. The van der Waals surface area contributed by atoms with Crippen molar-refractivity contribution in [2.75, 3.05) is 5.32 Å². The number of primary amides is 1. The Kier molecular flexibility index (Phi) is 3.79. The molecule has 1 atom stereocenters. The second-order valence-corrected chi connectivity index (χ2v) is 5.38. The molecule has 3 aromatic rings. The summed E-state index contributed by atoms with van der Waals surface area (Å²) in [5, 5.41) is 5.95. The highest BCUT2D eigenvalue weighted by molar-refractivity contribution is 5.93. The maximum atomic E-state index is 11.1. The van der Waals surface area contributed by atoms with E-state index in [0.717, 1.165) is 5.69 Å². The van der Waals surface area contributed by atoms with Crippen molar-refractivity contribution in [3.05, 3.63) is 77.9 Å². The van der Waals surface area contributed by atoms with E-state index >= 15 is 0 Å². The predicted molar refractivity (Wildman–Crippen MR) is 90.9 cm³/mol. The summed E-state index contributed by atoms with van der Waals surface area (Å²) in [6, 6.07) is 22.1. The maximum absolute atomic E-state index is 11.1. The molecule has 22 heavy (non-hydrogen) atoms. The third-order valence-corrected chi connectivity index (χ3v) is 3.84. The van der Waals surface area contributed by atoms with Crippen molar-refractivity contribution >= 4 is 22.4 Å². The lowest BCUT2D eigenvalue weighted by Gasteiger charge is -2.18. The summed E-state index contributed by atoms with van der Waals surface area (Å²) in [5.41, 5.74) is 7.99. The number of rotatable bonds is 4. The Morgan fingerprint density at radius 3 is 2.36 bits per heavy atom. The molecule has 0 aliphatic carbocycles. The standard InChI is InChI=1S/C19H18N2O/c1-13(21-16-11-9-15(10-12-16)19(20)22)17-8-4-6-14-5-2-3-7-18(14)17/h2-13,21H,1H3,(H2,20,22). The monoisotopic (exact) mass is 290 g/mol. The molecule has 0 saturated heterocycles. The molecule has 0 fully saturated rings. The molecular weight excluding hydrogens is 272 g/mol. The molecule has 0 spiro atoms. The third kappa shape index (κ3) is 2.79. The molecule has 110 valence electrons. The van der Waals surface area contributed by atoms with Gasteiger partial charge in [0, 0.05) is 17.3 Å². The highest BCUT2D eigenvalue weighted by Crippen LogP contribution is 2.26. The second-order valence-electron chi connectivity index (χ2n) is 5.38. The molecule has 0 radical (unpaired) electrons. The quantitative estimate of drug-likeness (QED) is 0.759. The number of hydrogen-bond acceptors (Lipinski definition) is 2. The van der Waals surface area contributed by atoms with Crippen LogP contribution in [0, 0.1) is 0 Å². The molecule has 3 N–H and O–H groups in total. The van der Waals surface area contributed by atoms with Crippen molar-refractivity contribution in [2.24, 2.45) is 5.73 Å². The lowest BCUT2D eigenvalue weighted by molar-refractivity contribution is 0.100. The Morgan fingerprint density at radius 2 is 1.64 bits per heavy atom. The van der Waals surface area contributed by atoms with E-state index < -0.39 is 5.91 Å². The van der Waals surface area contributed by atoms with Gasteiger partial charge in [-0.25, -0.2) is 0 Å². The molecule has 0 heterocycles. The van der Waals surface area contributed by atoms with Crippen LogP contribution in [0.15, 0.2) is 66.7 Å². The van der Waals surface area contributed by atoms with E-state index in [4.69, 9.17) is 5.73 Å². The van der Waals surface area contributed by atoms with Gasteiger partial charge in [0.05, 0.1) is 0 Å². The number of amides is 1. The van der Waals surface area contributed by atoms with Crippen molar-refractivity contribution in [3.63, 3.8) is 0 Å². The number of benzene rings is 3. The third-order valence-electron chi connectivity index (χ3n) is 3.84. The summed E-state index contributed by atoms with van der Waals surface area (Å²) < 4.78 is 0. The first-order valence-corrected chi connectivity index (χ1v) is 7.29. The van der Waals surface area contributed by atoms with Crippen molar-refractivity contribution < 1.29 is 4.79 Å². The molecule has 3 aromatic carbocycles. The summed E-state index contributed by atoms with van der Waals surface area (Å²) in [6.07, 6.45) is 0.